The van der Waals surface area contributed by atoms with E-state index in [0.717, 1.165) is 28.1 Å². The number of rotatable bonds is 3. The highest BCUT2D eigenvalue weighted by molar-refractivity contribution is 6.32. The van der Waals surface area contributed by atoms with Crippen LogP contribution in [0, 0.1) is 6.92 Å². The molecule has 1 aromatic heterocycles. The van der Waals surface area contributed by atoms with Crippen molar-refractivity contribution in [2.75, 3.05) is 0 Å². The number of benzene rings is 1. The number of fused-ring (bicyclic) bond motifs is 1. The Kier molecular flexibility index (Phi) is 4.84. The molecular weight excluding hydrogens is 298 g/mol. The van der Waals surface area contributed by atoms with Gasteiger partial charge in [0.25, 0.3) is 0 Å². The van der Waals surface area contributed by atoms with Gasteiger partial charge in [0.2, 0.25) is 0 Å². The molecule has 1 saturated carbocycles. The Morgan fingerprint density at radius 2 is 1.91 bits per heavy atom. The van der Waals surface area contributed by atoms with Crippen molar-refractivity contribution in [3.8, 4) is 0 Å². The summed E-state index contributed by atoms with van der Waals surface area (Å²) in [6, 6.07) is 6.06. The lowest BCUT2D eigenvalue weighted by Gasteiger charge is -2.13. The van der Waals surface area contributed by atoms with Gasteiger partial charge in [-0.2, -0.15) is 0 Å². The minimum Gasteiger partial charge on any atom is -0.423 e. The Bertz CT molecular complexity index is 715. The van der Waals surface area contributed by atoms with Crippen LogP contribution in [0.15, 0.2) is 27.4 Å². The topological polar surface area (TPSA) is 46.8 Å². The molecule has 0 amide bonds. The Hall–Kier alpha value is -1.32. The molecule has 0 aliphatic heterocycles. The van der Waals surface area contributed by atoms with Crippen molar-refractivity contribution in [1.29, 1.82) is 0 Å². The molecule has 0 unspecified atom stereocenters. The Morgan fingerprint density at radius 3 is 2.64 bits per heavy atom. The van der Waals surface area contributed by atoms with Gasteiger partial charge in [0.1, 0.15) is 12.1 Å². The van der Waals surface area contributed by atoms with E-state index < -0.39 is 0 Å². The average Bonchev–Trinajstić information content (AvgIpc) is 2.75. The van der Waals surface area contributed by atoms with Crippen LogP contribution in [0.2, 0.25) is 5.02 Å². The molecule has 4 heteroatoms. The first-order valence-electron chi connectivity index (χ1n) is 8.20. The third-order valence-electron chi connectivity index (χ3n) is 4.68. The summed E-state index contributed by atoms with van der Waals surface area (Å²) >= 11 is 6.24. The van der Waals surface area contributed by atoms with Crippen molar-refractivity contribution in [2.45, 2.75) is 58.0 Å². The SMILES string of the molecule is Cc1cc2oc(=O)cc(C[NH2+]C3CCCCCC3)c2cc1Cl. The molecule has 1 fully saturated rings. The van der Waals surface area contributed by atoms with Crippen molar-refractivity contribution in [2.24, 2.45) is 0 Å². The summed E-state index contributed by atoms with van der Waals surface area (Å²) < 4.78 is 5.32. The van der Waals surface area contributed by atoms with E-state index >= 15 is 0 Å². The summed E-state index contributed by atoms with van der Waals surface area (Å²) in [5, 5.41) is 4.06. The Labute approximate surface area is 135 Å². The van der Waals surface area contributed by atoms with Gasteiger partial charge in [-0.25, -0.2) is 4.79 Å². The first kappa shape index (κ1) is 15.6. The molecule has 2 N–H and O–H groups in total. The molecule has 118 valence electrons. The van der Waals surface area contributed by atoms with Crippen molar-refractivity contribution in [3.63, 3.8) is 0 Å². The fraction of sp³-hybridized carbons (Fsp3) is 0.500. The predicted octanol–water partition coefficient (Wildman–Crippen LogP) is 3.54. The van der Waals surface area contributed by atoms with Gasteiger partial charge in [-0.05, 0) is 50.3 Å². The zero-order valence-electron chi connectivity index (χ0n) is 13.0. The standard InChI is InChI=1S/C18H22ClNO2/c1-12-8-17-15(10-16(12)19)13(9-18(21)22-17)11-20-14-6-4-2-3-5-7-14/h8-10,14,20H,2-7,11H2,1H3/p+1. The highest BCUT2D eigenvalue weighted by Crippen LogP contribution is 2.25. The summed E-state index contributed by atoms with van der Waals surface area (Å²) in [5.74, 6) is 0. The summed E-state index contributed by atoms with van der Waals surface area (Å²) in [6.45, 7) is 2.73. The fourth-order valence-corrected chi connectivity index (χ4v) is 3.52. The maximum Gasteiger partial charge on any atom is 0.336 e. The van der Waals surface area contributed by atoms with Crippen LogP contribution in [0.1, 0.15) is 49.7 Å². The molecule has 0 spiro atoms. The molecule has 1 aliphatic carbocycles. The number of nitrogens with two attached hydrogens (primary N) is 1. The third-order valence-corrected chi connectivity index (χ3v) is 5.09. The van der Waals surface area contributed by atoms with Crippen LogP contribution in [0.25, 0.3) is 11.0 Å². The maximum absolute atomic E-state index is 11.8. The number of hydrogen-bond donors (Lipinski definition) is 1. The zero-order chi connectivity index (χ0) is 15.5. The van der Waals surface area contributed by atoms with E-state index in [2.05, 4.69) is 5.32 Å². The highest BCUT2D eigenvalue weighted by atomic mass is 35.5. The number of hydrogen-bond acceptors (Lipinski definition) is 2. The number of halogens is 1. The maximum atomic E-state index is 11.8. The van der Waals surface area contributed by atoms with Crippen molar-refractivity contribution < 1.29 is 9.73 Å². The minimum atomic E-state index is -0.279. The van der Waals surface area contributed by atoms with Gasteiger partial charge in [-0.3, -0.25) is 0 Å². The second kappa shape index (κ2) is 6.84. The van der Waals surface area contributed by atoms with E-state index in [1.807, 2.05) is 19.1 Å². The summed E-state index contributed by atoms with van der Waals surface area (Å²) in [6.07, 6.45) is 7.92. The molecule has 22 heavy (non-hydrogen) atoms. The molecule has 1 heterocycles. The largest absolute Gasteiger partial charge is 0.423 e. The molecular formula is C18H23ClNO2+. The van der Waals surface area contributed by atoms with E-state index in [0.29, 0.717) is 11.6 Å². The first-order valence-corrected chi connectivity index (χ1v) is 8.57. The fourth-order valence-electron chi connectivity index (χ4n) is 3.36. The van der Waals surface area contributed by atoms with E-state index in [4.69, 9.17) is 16.0 Å². The lowest BCUT2D eigenvalue weighted by atomic mass is 10.1. The normalized spacial score (nSPS) is 16.8. The van der Waals surface area contributed by atoms with Gasteiger partial charge in [-0.15, -0.1) is 0 Å². The van der Waals surface area contributed by atoms with Gasteiger partial charge in [0, 0.05) is 22.0 Å². The van der Waals surface area contributed by atoms with Crippen molar-refractivity contribution >= 4 is 22.6 Å². The van der Waals surface area contributed by atoms with Crippen LogP contribution in [0.4, 0.5) is 0 Å². The van der Waals surface area contributed by atoms with E-state index in [1.165, 1.54) is 38.5 Å². The summed E-state index contributed by atoms with van der Waals surface area (Å²) in [5.41, 5.74) is 2.32. The molecule has 3 rings (SSSR count). The molecule has 0 atom stereocenters. The number of quaternary nitrogens is 1. The lowest BCUT2D eigenvalue weighted by Crippen LogP contribution is -2.88. The van der Waals surface area contributed by atoms with Crippen LogP contribution in [0.3, 0.4) is 0 Å². The van der Waals surface area contributed by atoms with Crippen molar-refractivity contribution in [3.05, 3.63) is 44.8 Å². The van der Waals surface area contributed by atoms with Crippen LogP contribution < -0.4 is 10.9 Å². The van der Waals surface area contributed by atoms with E-state index in [9.17, 15) is 4.79 Å². The van der Waals surface area contributed by atoms with Crippen LogP contribution >= 0.6 is 11.6 Å². The van der Waals surface area contributed by atoms with E-state index in [1.54, 1.807) is 6.07 Å². The molecule has 2 aromatic rings. The van der Waals surface area contributed by atoms with Crippen LogP contribution in [-0.2, 0) is 6.54 Å². The molecule has 0 bridgehead atoms. The van der Waals surface area contributed by atoms with Gasteiger partial charge in [-0.1, -0.05) is 24.4 Å². The lowest BCUT2D eigenvalue weighted by molar-refractivity contribution is -0.705. The minimum absolute atomic E-state index is 0.279. The van der Waals surface area contributed by atoms with Gasteiger partial charge in [0.05, 0.1) is 6.04 Å². The Balaban J connectivity index is 1.86. The predicted molar refractivity (Wildman–Crippen MR) is 89.4 cm³/mol. The second-order valence-corrected chi connectivity index (χ2v) is 6.79. The van der Waals surface area contributed by atoms with Crippen LogP contribution in [-0.4, -0.2) is 6.04 Å². The highest BCUT2D eigenvalue weighted by Gasteiger charge is 2.16. The smallest absolute Gasteiger partial charge is 0.336 e. The second-order valence-electron chi connectivity index (χ2n) is 6.38. The van der Waals surface area contributed by atoms with Gasteiger partial charge >= 0.3 is 5.63 Å². The van der Waals surface area contributed by atoms with E-state index in [-0.39, 0.29) is 5.63 Å². The summed E-state index contributed by atoms with van der Waals surface area (Å²) in [4.78, 5) is 11.8. The Morgan fingerprint density at radius 1 is 1.18 bits per heavy atom. The molecule has 0 saturated heterocycles. The quantitative estimate of drug-likeness (QED) is 0.694. The van der Waals surface area contributed by atoms with Crippen molar-refractivity contribution in [1.82, 2.24) is 0 Å². The average molecular weight is 321 g/mol. The molecule has 1 aliphatic rings. The molecule has 3 nitrogen and oxygen atoms in total. The first-order chi connectivity index (χ1) is 10.6. The molecule has 0 radical (unpaired) electrons. The third kappa shape index (κ3) is 3.53. The zero-order valence-corrected chi connectivity index (χ0v) is 13.8. The summed E-state index contributed by atoms with van der Waals surface area (Å²) in [7, 11) is 0. The number of aryl methyl sites for hydroxylation is 1. The monoisotopic (exact) mass is 320 g/mol. The molecule has 1 aromatic carbocycles. The van der Waals surface area contributed by atoms with Gasteiger partial charge in [0.15, 0.2) is 0 Å². The van der Waals surface area contributed by atoms with Gasteiger partial charge < -0.3 is 9.73 Å². The van der Waals surface area contributed by atoms with Crippen LogP contribution in [0.5, 0.6) is 0 Å².